The van der Waals surface area contributed by atoms with Gasteiger partial charge < -0.3 is 4.74 Å². The number of esters is 1. The molecule has 0 N–H and O–H groups in total. The number of unbranched alkanes of at least 4 members (excludes halogenated alkanes) is 13. The van der Waals surface area contributed by atoms with Gasteiger partial charge in [0.15, 0.2) is 0 Å². The van der Waals surface area contributed by atoms with E-state index in [4.69, 9.17) is 4.74 Å². The van der Waals surface area contributed by atoms with Crippen LogP contribution in [0, 0.1) is 0 Å². The summed E-state index contributed by atoms with van der Waals surface area (Å²) in [7, 11) is 0. The van der Waals surface area contributed by atoms with E-state index in [0.29, 0.717) is 5.76 Å². The van der Waals surface area contributed by atoms with Crippen LogP contribution in [0.15, 0.2) is 12.3 Å². The molecule has 2 heteroatoms. The van der Waals surface area contributed by atoms with Crippen molar-refractivity contribution in [3.05, 3.63) is 12.3 Å². The van der Waals surface area contributed by atoms with Gasteiger partial charge in [-0.3, -0.25) is 4.79 Å². The van der Waals surface area contributed by atoms with Crippen molar-refractivity contribution < 1.29 is 9.53 Å². The van der Waals surface area contributed by atoms with E-state index in [1.54, 1.807) is 0 Å². The van der Waals surface area contributed by atoms with Gasteiger partial charge in [-0.25, -0.2) is 0 Å². The van der Waals surface area contributed by atoms with Crippen molar-refractivity contribution in [3.63, 3.8) is 0 Å². The second-order valence-corrected chi connectivity index (χ2v) is 6.48. The Hall–Kier alpha value is -0.790. The first-order valence-electron chi connectivity index (χ1n) is 9.53. The summed E-state index contributed by atoms with van der Waals surface area (Å²) in [6.07, 6.45) is 19.9. The molecule has 0 bridgehead atoms. The smallest absolute Gasteiger partial charge is 0.307 e. The quantitative estimate of drug-likeness (QED) is 0.175. The highest BCUT2D eigenvalue weighted by molar-refractivity contribution is 5.67. The van der Waals surface area contributed by atoms with E-state index in [2.05, 4.69) is 13.5 Å². The molecule has 0 rings (SSSR count). The Bertz CT molecular complexity index is 271. The van der Waals surface area contributed by atoms with Crippen LogP contribution in [0.4, 0.5) is 0 Å². The van der Waals surface area contributed by atoms with Crippen LogP contribution < -0.4 is 0 Å². The molecular weight excluding hydrogens is 272 g/mol. The lowest BCUT2D eigenvalue weighted by Gasteiger charge is -2.05. The Balaban J connectivity index is 3.08. The van der Waals surface area contributed by atoms with Crippen molar-refractivity contribution in [1.29, 1.82) is 0 Å². The Morgan fingerprint density at radius 2 is 1.09 bits per heavy atom. The third kappa shape index (κ3) is 17.3. The van der Waals surface area contributed by atoms with Crippen LogP contribution in [0.3, 0.4) is 0 Å². The number of ether oxygens (including phenoxy) is 1. The SMILES string of the molecule is C=C(CCCCCCCCCCCCCCCC)OC(C)=O. The van der Waals surface area contributed by atoms with Crippen molar-refractivity contribution in [2.45, 2.75) is 110 Å². The molecule has 0 aromatic rings. The second kappa shape index (κ2) is 16.6. The van der Waals surface area contributed by atoms with Gasteiger partial charge in [-0.1, -0.05) is 97.0 Å². The molecule has 0 aliphatic heterocycles. The summed E-state index contributed by atoms with van der Waals surface area (Å²) in [5.74, 6) is 0.363. The van der Waals surface area contributed by atoms with Gasteiger partial charge in [-0.15, -0.1) is 0 Å². The maximum absolute atomic E-state index is 10.7. The van der Waals surface area contributed by atoms with Crippen LogP contribution in [0.1, 0.15) is 110 Å². The lowest BCUT2D eigenvalue weighted by atomic mass is 10.0. The van der Waals surface area contributed by atoms with Crippen molar-refractivity contribution >= 4 is 5.97 Å². The van der Waals surface area contributed by atoms with Crippen LogP contribution in [0.5, 0.6) is 0 Å². The van der Waals surface area contributed by atoms with Crippen molar-refractivity contribution in [3.8, 4) is 0 Å². The van der Waals surface area contributed by atoms with E-state index in [9.17, 15) is 4.79 Å². The molecule has 0 saturated heterocycles. The molecule has 0 saturated carbocycles. The van der Waals surface area contributed by atoms with Crippen molar-refractivity contribution in [2.24, 2.45) is 0 Å². The predicted molar refractivity (Wildman–Crippen MR) is 95.8 cm³/mol. The maximum atomic E-state index is 10.7. The average Bonchev–Trinajstić information content (AvgIpc) is 2.47. The minimum absolute atomic E-state index is 0.254. The Kier molecular flexibility index (Phi) is 16.0. The van der Waals surface area contributed by atoms with E-state index in [0.717, 1.165) is 12.8 Å². The van der Waals surface area contributed by atoms with Gasteiger partial charge in [0.25, 0.3) is 0 Å². The van der Waals surface area contributed by atoms with Gasteiger partial charge in [0, 0.05) is 13.3 Å². The Morgan fingerprint density at radius 1 is 0.727 bits per heavy atom. The molecule has 0 aliphatic rings. The van der Waals surface area contributed by atoms with E-state index < -0.39 is 0 Å². The molecule has 0 radical (unpaired) electrons. The van der Waals surface area contributed by atoms with Crippen LogP contribution in [-0.4, -0.2) is 5.97 Å². The molecule has 0 aromatic heterocycles. The van der Waals surface area contributed by atoms with Gasteiger partial charge in [0.1, 0.15) is 5.76 Å². The number of carbonyl (C=O) groups excluding carboxylic acids is 1. The normalized spacial score (nSPS) is 10.6. The summed E-state index contributed by atoms with van der Waals surface area (Å²) in [4.78, 5) is 10.7. The van der Waals surface area contributed by atoms with E-state index >= 15 is 0 Å². The molecule has 0 aromatic carbocycles. The van der Waals surface area contributed by atoms with Crippen LogP contribution in [0.2, 0.25) is 0 Å². The fourth-order valence-electron chi connectivity index (χ4n) is 2.77. The standard InChI is InChI=1S/C20H38O2/c1-4-5-6-7-8-9-10-11-12-13-14-15-16-17-18-19(2)22-20(3)21/h2,4-18H2,1,3H3. The van der Waals surface area contributed by atoms with Gasteiger partial charge in [0.2, 0.25) is 0 Å². The topological polar surface area (TPSA) is 26.3 Å². The lowest BCUT2D eigenvalue weighted by molar-refractivity contribution is -0.137. The lowest BCUT2D eigenvalue weighted by Crippen LogP contribution is -1.97. The highest BCUT2D eigenvalue weighted by Crippen LogP contribution is 2.14. The van der Waals surface area contributed by atoms with Gasteiger partial charge in [-0.05, 0) is 6.42 Å². The van der Waals surface area contributed by atoms with Crippen LogP contribution in [0.25, 0.3) is 0 Å². The highest BCUT2D eigenvalue weighted by atomic mass is 16.5. The summed E-state index contributed by atoms with van der Waals surface area (Å²) in [6, 6.07) is 0. The largest absolute Gasteiger partial charge is 0.432 e. The number of rotatable bonds is 16. The minimum Gasteiger partial charge on any atom is -0.432 e. The molecule has 0 spiro atoms. The fraction of sp³-hybridized carbons (Fsp3) is 0.850. The van der Waals surface area contributed by atoms with Gasteiger partial charge in [-0.2, -0.15) is 0 Å². The molecule has 0 amide bonds. The number of hydrogen-bond acceptors (Lipinski definition) is 2. The summed E-state index contributed by atoms with van der Waals surface area (Å²) in [5.41, 5.74) is 0. The highest BCUT2D eigenvalue weighted by Gasteiger charge is 1.99. The predicted octanol–water partition coefficient (Wildman–Crippen LogP) is 6.93. The monoisotopic (exact) mass is 310 g/mol. The first-order chi connectivity index (χ1) is 10.7. The molecule has 0 aliphatic carbocycles. The summed E-state index contributed by atoms with van der Waals surface area (Å²) in [6.45, 7) is 7.45. The van der Waals surface area contributed by atoms with Crippen molar-refractivity contribution in [2.75, 3.05) is 0 Å². The molecule has 130 valence electrons. The summed E-state index contributed by atoms with van der Waals surface area (Å²) in [5, 5.41) is 0. The molecule has 0 unspecified atom stereocenters. The van der Waals surface area contributed by atoms with Crippen LogP contribution in [-0.2, 0) is 9.53 Å². The van der Waals surface area contributed by atoms with E-state index in [-0.39, 0.29) is 5.97 Å². The molecule has 0 heterocycles. The average molecular weight is 311 g/mol. The van der Waals surface area contributed by atoms with Gasteiger partial charge in [0.05, 0.1) is 0 Å². The zero-order valence-electron chi connectivity index (χ0n) is 15.1. The molecule has 2 nitrogen and oxygen atoms in total. The molecule has 22 heavy (non-hydrogen) atoms. The number of allylic oxidation sites excluding steroid dienone is 1. The Labute approximate surface area is 138 Å². The number of hydrogen-bond donors (Lipinski definition) is 0. The third-order valence-corrected chi connectivity index (χ3v) is 4.10. The second-order valence-electron chi connectivity index (χ2n) is 6.48. The van der Waals surface area contributed by atoms with Crippen LogP contribution >= 0.6 is 0 Å². The zero-order chi connectivity index (χ0) is 16.5. The van der Waals surface area contributed by atoms with E-state index in [1.165, 1.54) is 90.4 Å². The number of carbonyl (C=O) groups is 1. The van der Waals surface area contributed by atoms with Gasteiger partial charge >= 0.3 is 5.97 Å². The third-order valence-electron chi connectivity index (χ3n) is 4.10. The first-order valence-corrected chi connectivity index (χ1v) is 9.53. The fourth-order valence-corrected chi connectivity index (χ4v) is 2.77. The maximum Gasteiger partial charge on any atom is 0.307 e. The Morgan fingerprint density at radius 3 is 1.45 bits per heavy atom. The molecule has 0 fully saturated rings. The first kappa shape index (κ1) is 21.2. The molecular formula is C20H38O2. The zero-order valence-corrected chi connectivity index (χ0v) is 15.1. The van der Waals surface area contributed by atoms with Crippen molar-refractivity contribution in [1.82, 2.24) is 0 Å². The summed E-state index contributed by atoms with van der Waals surface area (Å²) < 4.78 is 4.93. The summed E-state index contributed by atoms with van der Waals surface area (Å²) >= 11 is 0. The molecule has 0 atom stereocenters. The van der Waals surface area contributed by atoms with E-state index in [1.807, 2.05) is 0 Å². The minimum atomic E-state index is -0.254.